The van der Waals surface area contributed by atoms with Crippen LogP contribution in [0, 0.1) is 5.92 Å². The number of carbonyl (C=O) groups is 1. The number of carbonyl (C=O) groups excluding carboxylic acids is 1. The second-order valence-electron chi connectivity index (χ2n) is 6.17. The van der Waals surface area contributed by atoms with Crippen molar-refractivity contribution < 1.29 is 19.3 Å². The summed E-state index contributed by atoms with van der Waals surface area (Å²) in [6.07, 6.45) is 0.344. The molecule has 0 spiro atoms. The molecular formula is C17H25NO4. The third-order valence-corrected chi connectivity index (χ3v) is 3.44. The van der Waals surface area contributed by atoms with Gasteiger partial charge in [-0.1, -0.05) is 44.2 Å². The van der Waals surface area contributed by atoms with E-state index in [9.17, 15) is 4.79 Å². The number of epoxide rings is 1. The number of rotatable bonds is 9. The van der Waals surface area contributed by atoms with Crippen LogP contribution in [-0.2, 0) is 25.9 Å². The topological polar surface area (TPSA) is 60.1 Å². The molecule has 0 radical (unpaired) electrons. The van der Waals surface area contributed by atoms with Gasteiger partial charge in [0.2, 0.25) is 0 Å². The highest BCUT2D eigenvalue weighted by Crippen LogP contribution is 2.23. The molecule has 5 nitrogen and oxygen atoms in total. The second-order valence-corrected chi connectivity index (χ2v) is 6.17. The van der Waals surface area contributed by atoms with E-state index in [2.05, 4.69) is 19.2 Å². The number of hydrogen-bond donors (Lipinski definition) is 1. The van der Waals surface area contributed by atoms with Gasteiger partial charge in [0, 0.05) is 6.04 Å². The van der Waals surface area contributed by atoms with Gasteiger partial charge in [0.1, 0.15) is 19.3 Å². The summed E-state index contributed by atoms with van der Waals surface area (Å²) in [6, 6.07) is 9.93. The highest BCUT2D eigenvalue weighted by Gasteiger charge is 2.45. The Morgan fingerprint density at radius 3 is 2.64 bits per heavy atom. The molecule has 0 aliphatic carbocycles. The Hall–Kier alpha value is -1.43. The molecule has 3 atom stereocenters. The summed E-state index contributed by atoms with van der Waals surface area (Å²) in [6.45, 7) is 6.93. The molecule has 1 N–H and O–H groups in total. The first kappa shape index (κ1) is 16.9. The van der Waals surface area contributed by atoms with E-state index in [1.165, 1.54) is 0 Å². The molecule has 1 aliphatic rings. The van der Waals surface area contributed by atoms with Crippen molar-refractivity contribution in [3.63, 3.8) is 0 Å². The Bertz CT molecular complexity index is 463. The average Bonchev–Trinajstić information content (AvgIpc) is 3.23. The first-order valence-corrected chi connectivity index (χ1v) is 7.80. The fraction of sp³-hybridized carbons (Fsp3) is 0.588. The zero-order chi connectivity index (χ0) is 15.9. The van der Waals surface area contributed by atoms with E-state index in [0.717, 1.165) is 12.0 Å². The molecule has 5 heteroatoms. The lowest BCUT2D eigenvalue weighted by atomic mass is 10.1. The van der Waals surface area contributed by atoms with Crippen molar-refractivity contribution in [3.05, 3.63) is 35.9 Å². The highest BCUT2D eigenvalue weighted by atomic mass is 17.2. The van der Waals surface area contributed by atoms with Gasteiger partial charge >= 0.3 is 0 Å². The fourth-order valence-corrected chi connectivity index (χ4v) is 2.39. The Balaban J connectivity index is 1.57. The van der Waals surface area contributed by atoms with Crippen LogP contribution >= 0.6 is 0 Å². The molecule has 1 amide bonds. The summed E-state index contributed by atoms with van der Waals surface area (Å²) in [5.41, 5.74) is 1.04. The van der Waals surface area contributed by atoms with E-state index in [-0.39, 0.29) is 24.7 Å². The molecule has 1 fully saturated rings. The van der Waals surface area contributed by atoms with Gasteiger partial charge < -0.3 is 10.1 Å². The minimum Gasteiger partial charge on any atom is -0.356 e. The molecule has 22 heavy (non-hydrogen) atoms. The summed E-state index contributed by atoms with van der Waals surface area (Å²) in [7, 11) is 0. The summed E-state index contributed by atoms with van der Waals surface area (Å²) in [4.78, 5) is 22.2. The number of benzene rings is 1. The molecule has 1 aliphatic heterocycles. The van der Waals surface area contributed by atoms with Crippen LogP contribution in [0.15, 0.2) is 30.3 Å². The third-order valence-electron chi connectivity index (χ3n) is 3.44. The normalized spacial score (nSPS) is 21.6. The Morgan fingerprint density at radius 2 is 1.95 bits per heavy atom. The first-order chi connectivity index (χ1) is 10.6. The number of nitrogens with one attached hydrogen (secondary N) is 1. The molecule has 2 unspecified atom stereocenters. The van der Waals surface area contributed by atoms with Crippen LogP contribution in [0.25, 0.3) is 0 Å². The van der Waals surface area contributed by atoms with Gasteiger partial charge in [0.05, 0.1) is 0 Å². The predicted octanol–water partition coefficient (Wildman–Crippen LogP) is 2.45. The van der Waals surface area contributed by atoms with Crippen molar-refractivity contribution in [1.82, 2.24) is 5.32 Å². The summed E-state index contributed by atoms with van der Waals surface area (Å²) >= 11 is 0. The molecular weight excluding hydrogens is 282 g/mol. The Labute approximate surface area is 131 Å². The van der Waals surface area contributed by atoms with Gasteiger partial charge in [0.15, 0.2) is 6.10 Å². The van der Waals surface area contributed by atoms with Gasteiger partial charge in [-0.15, -0.1) is 0 Å². The molecule has 1 saturated heterocycles. The monoisotopic (exact) mass is 307 g/mol. The molecule has 2 rings (SSSR count). The maximum Gasteiger partial charge on any atom is 0.252 e. The summed E-state index contributed by atoms with van der Waals surface area (Å²) in [5, 5.41) is 2.96. The van der Waals surface area contributed by atoms with E-state index in [0.29, 0.717) is 12.5 Å². The number of ether oxygens (including phenoxy) is 1. The Kier molecular flexibility index (Phi) is 6.36. The van der Waals surface area contributed by atoms with Gasteiger partial charge in [0.25, 0.3) is 5.91 Å². The molecule has 1 aromatic rings. The summed E-state index contributed by atoms with van der Waals surface area (Å²) < 4.78 is 5.32. The lowest BCUT2D eigenvalue weighted by molar-refractivity contribution is -0.305. The van der Waals surface area contributed by atoms with Crippen LogP contribution in [0.2, 0.25) is 0 Å². The smallest absolute Gasteiger partial charge is 0.252 e. The van der Waals surface area contributed by atoms with Crippen molar-refractivity contribution in [2.24, 2.45) is 5.92 Å². The van der Waals surface area contributed by atoms with Crippen LogP contribution < -0.4 is 5.32 Å². The van der Waals surface area contributed by atoms with Crippen LogP contribution in [0.3, 0.4) is 0 Å². The zero-order valence-electron chi connectivity index (χ0n) is 13.5. The van der Waals surface area contributed by atoms with E-state index < -0.39 is 6.10 Å². The van der Waals surface area contributed by atoms with Crippen molar-refractivity contribution >= 4 is 5.91 Å². The first-order valence-electron chi connectivity index (χ1n) is 7.80. The Morgan fingerprint density at radius 1 is 1.23 bits per heavy atom. The quantitative estimate of drug-likeness (QED) is 0.329. The maximum atomic E-state index is 11.9. The zero-order valence-corrected chi connectivity index (χ0v) is 13.5. The van der Waals surface area contributed by atoms with E-state index in [1.807, 2.05) is 37.3 Å². The van der Waals surface area contributed by atoms with Crippen molar-refractivity contribution in [2.75, 3.05) is 6.61 Å². The van der Waals surface area contributed by atoms with Crippen molar-refractivity contribution in [3.8, 4) is 0 Å². The molecule has 122 valence electrons. The highest BCUT2D eigenvalue weighted by molar-refractivity contribution is 5.83. The van der Waals surface area contributed by atoms with E-state index in [1.54, 1.807) is 0 Å². The van der Waals surface area contributed by atoms with Crippen LogP contribution in [0.5, 0.6) is 0 Å². The van der Waals surface area contributed by atoms with Crippen LogP contribution in [-0.4, -0.2) is 30.8 Å². The van der Waals surface area contributed by atoms with Crippen molar-refractivity contribution in [1.29, 1.82) is 0 Å². The SMILES string of the molecule is CC(C)C[C@@H](C)NC(=O)C1OC1COOCc1ccccc1. The average molecular weight is 307 g/mol. The lowest BCUT2D eigenvalue weighted by Crippen LogP contribution is -2.37. The summed E-state index contributed by atoms with van der Waals surface area (Å²) in [5.74, 6) is 0.491. The van der Waals surface area contributed by atoms with Gasteiger partial charge in [-0.05, 0) is 24.8 Å². The van der Waals surface area contributed by atoms with E-state index in [4.69, 9.17) is 14.5 Å². The molecule has 0 bridgehead atoms. The lowest BCUT2D eigenvalue weighted by Gasteiger charge is -2.15. The van der Waals surface area contributed by atoms with E-state index >= 15 is 0 Å². The second kappa shape index (κ2) is 8.27. The standard InChI is InChI=1S/C17H25NO4/c1-12(2)9-13(3)18-17(19)16-15(22-16)11-21-20-10-14-7-5-4-6-8-14/h4-8,12-13,15-16H,9-11H2,1-3H3,(H,18,19)/t13-,15?,16?/m1/s1. The van der Waals surface area contributed by atoms with Crippen molar-refractivity contribution in [2.45, 2.75) is 52.0 Å². The third kappa shape index (κ3) is 5.75. The fourth-order valence-electron chi connectivity index (χ4n) is 2.39. The molecule has 0 saturated carbocycles. The largest absolute Gasteiger partial charge is 0.356 e. The van der Waals surface area contributed by atoms with Crippen LogP contribution in [0.4, 0.5) is 0 Å². The minimum atomic E-state index is -0.407. The number of amides is 1. The molecule has 1 heterocycles. The number of hydrogen-bond acceptors (Lipinski definition) is 4. The molecule has 1 aromatic carbocycles. The van der Waals surface area contributed by atoms with Gasteiger partial charge in [-0.25, -0.2) is 9.78 Å². The maximum absolute atomic E-state index is 11.9. The van der Waals surface area contributed by atoms with Gasteiger partial charge in [-0.2, -0.15) is 0 Å². The molecule has 0 aromatic heterocycles. The predicted molar refractivity (Wildman–Crippen MR) is 82.9 cm³/mol. The van der Waals surface area contributed by atoms with Crippen LogP contribution in [0.1, 0.15) is 32.8 Å². The minimum absolute atomic E-state index is 0.0650. The van der Waals surface area contributed by atoms with Gasteiger partial charge in [-0.3, -0.25) is 4.79 Å².